The summed E-state index contributed by atoms with van der Waals surface area (Å²) in [7, 11) is -6.04. The number of alkyl halides is 6. The summed E-state index contributed by atoms with van der Waals surface area (Å²) in [4.78, 5) is -0.275. The lowest BCUT2D eigenvalue weighted by atomic mass is 9.81. The van der Waals surface area contributed by atoms with E-state index in [9.17, 15) is 43.4 Å². The van der Waals surface area contributed by atoms with Gasteiger partial charge < -0.3 is 4.74 Å². The molecule has 0 aromatic heterocycles. The van der Waals surface area contributed by atoms with Gasteiger partial charge in [0.15, 0.2) is 9.84 Å². The van der Waals surface area contributed by atoms with Gasteiger partial charge in [-0.1, -0.05) is 54.6 Å². The van der Waals surface area contributed by atoms with E-state index in [2.05, 4.69) is 4.40 Å². The van der Waals surface area contributed by atoms with E-state index in [1.807, 2.05) is 0 Å². The highest BCUT2D eigenvalue weighted by Crippen LogP contribution is 2.54. The predicted octanol–water partition coefficient (Wildman–Crippen LogP) is 8.51. The third-order valence-electron chi connectivity index (χ3n) is 7.92. The minimum Gasteiger partial charge on any atom is -0.349 e. The number of hydrogen-bond donors (Lipinski definition) is 0. The lowest BCUT2D eigenvalue weighted by Crippen LogP contribution is -2.55. The highest BCUT2D eigenvalue weighted by atomic mass is 32.2. The van der Waals surface area contributed by atoms with E-state index >= 15 is 0 Å². The molecule has 14 heteroatoms. The number of benzene rings is 3. The number of sulfone groups is 1. The number of hydrogen-bond acceptors (Lipinski definition) is 4. The Hall–Kier alpha value is -3.10. The fourth-order valence-corrected chi connectivity index (χ4v) is 8.17. The Bertz CT molecular complexity index is 1660. The van der Waals surface area contributed by atoms with Crippen LogP contribution in [0.25, 0.3) is 0 Å². The first-order valence-corrected chi connectivity index (χ1v) is 16.7. The second-order valence-corrected chi connectivity index (χ2v) is 16.2. The molecule has 0 N–H and O–H groups in total. The summed E-state index contributed by atoms with van der Waals surface area (Å²) >= 11 is 0. The maximum Gasteiger partial charge on any atom is 0.430 e. The third kappa shape index (κ3) is 6.79. The molecular weight excluding hydrogens is 659 g/mol. The maximum atomic E-state index is 14.5. The van der Waals surface area contributed by atoms with Gasteiger partial charge in [0.1, 0.15) is 21.5 Å². The van der Waals surface area contributed by atoms with Gasteiger partial charge in [-0.05, 0) is 81.8 Å². The summed E-state index contributed by atoms with van der Waals surface area (Å²) in [6, 6.07) is 14.1. The van der Waals surface area contributed by atoms with Crippen LogP contribution in [0.2, 0.25) is 0 Å². The third-order valence-corrected chi connectivity index (χ3v) is 12.0. The Morgan fingerprint density at radius 3 is 1.80 bits per heavy atom. The van der Waals surface area contributed by atoms with Crippen molar-refractivity contribution >= 4 is 26.5 Å². The van der Waals surface area contributed by atoms with Crippen LogP contribution in [0.1, 0.15) is 63.1 Å². The summed E-state index contributed by atoms with van der Waals surface area (Å²) in [5, 5.41) is 0. The fourth-order valence-electron chi connectivity index (χ4n) is 5.35. The Labute approximate surface area is 265 Å². The molecule has 0 radical (unpaired) electrons. The van der Waals surface area contributed by atoms with Crippen molar-refractivity contribution in [3.63, 3.8) is 0 Å². The lowest BCUT2D eigenvalue weighted by Gasteiger charge is -2.39. The summed E-state index contributed by atoms with van der Waals surface area (Å²) in [5.74, 6) is -0.703. The van der Waals surface area contributed by atoms with Gasteiger partial charge in [0.2, 0.25) is 0 Å². The molecule has 1 fully saturated rings. The summed E-state index contributed by atoms with van der Waals surface area (Å²) < 4.78 is 148. The van der Waals surface area contributed by atoms with Crippen molar-refractivity contribution in [2.75, 3.05) is 0 Å². The van der Waals surface area contributed by atoms with Crippen molar-refractivity contribution in [1.29, 1.82) is 0 Å². The molecule has 0 bridgehead atoms. The first-order chi connectivity index (χ1) is 21.2. The van der Waals surface area contributed by atoms with E-state index in [-0.39, 0.29) is 41.7 Å². The molecule has 1 saturated carbocycles. The Morgan fingerprint density at radius 1 is 0.804 bits per heavy atom. The number of ether oxygens (including phenoxy) is 1. The molecule has 0 heterocycles. The lowest BCUT2D eigenvalue weighted by molar-refractivity contribution is -0.392. The summed E-state index contributed by atoms with van der Waals surface area (Å²) in [6.45, 7) is 4.13. The SMILES string of the molecule is CC(C)(C)[S@](=O)N=C1CCC(c2ccc(C(OCc3ccccc3)(C(F)(F)F)C(F)(F)F)cc2)(S(=O)(=O)c2ccc(F)cc2)CC1. The van der Waals surface area contributed by atoms with E-state index in [4.69, 9.17) is 4.74 Å². The molecule has 1 atom stereocenters. The van der Waals surface area contributed by atoms with E-state index in [0.29, 0.717) is 17.8 Å². The average Bonchev–Trinajstić information content (AvgIpc) is 2.97. The molecule has 46 heavy (non-hydrogen) atoms. The van der Waals surface area contributed by atoms with E-state index in [0.717, 1.165) is 36.4 Å². The molecule has 4 rings (SSSR count). The molecule has 0 saturated heterocycles. The van der Waals surface area contributed by atoms with Gasteiger partial charge in [-0.2, -0.15) is 30.7 Å². The second kappa shape index (κ2) is 12.8. The van der Waals surface area contributed by atoms with Crippen LogP contribution < -0.4 is 0 Å². The minimum absolute atomic E-state index is 0.0409. The summed E-state index contributed by atoms with van der Waals surface area (Å²) in [6.07, 6.45) is -12.1. The van der Waals surface area contributed by atoms with Crippen LogP contribution in [0.15, 0.2) is 88.2 Å². The molecule has 0 unspecified atom stereocenters. The van der Waals surface area contributed by atoms with Crippen LogP contribution >= 0.6 is 0 Å². The first kappa shape index (κ1) is 35.7. The zero-order valence-corrected chi connectivity index (χ0v) is 26.7. The van der Waals surface area contributed by atoms with Crippen molar-refractivity contribution in [3.05, 3.63) is 101 Å². The first-order valence-electron chi connectivity index (χ1n) is 14.2. The van der Waals surface area contributed by atoms with E-state index in [1.54, 1.807) is 26.8 Å². The normalized spacial score (nSPS) is 19.1. The van der Waals surface area contributed by atoms with Crippen molar-refractivity contribution in [2.45, 2.75) is 85.4 Å². The van der Waals surface area contributed by atoms with Gasteiger partial charge in [0, 0.05) is 11.3 Å². The maximum absolute atomic E-state index is 14.5. The van der Waals surface area contributed by atoms with Crippen LogP contribution in [0.5, 0.6) is 0 Å². The van der Waals surface area contributed by atoms with Crippen LogP contribution in [0.4, 0.5) is 30.7 Å². The van der Waals surface area contributed by atoms with Crippen LogP contribution in [-0.4, -0.2) is 35.4 Å². The van der Waals surface area contributed by atoms with Crippen molar-refractivity contribution in [2.24, 2.45) is 4.40 Å². The molecule has 0 aliphatic heterocycles. The predicted molar refractivity (Wildman–Crippen MR) is 161 cm³/mol. The molecule has 1 aliphatic rings. The van der Waals surface area contributed by atoms with Gasteiger partial charge in [0.05, 0.1) is 16.2 Å². The molecule has 0 spiro atoms. The average molecular weight is 692 g/mol. The van der Waals surface area contributed by atoms with Gasteiger partial charge in [-0.3, -0.25) is 0 Å². The minimum atomic E-state index is -5.95. The standard InChI is InChI=1S/C32H32F7NO4S2/c1-28(2,3)45(41)40-26-17-19-29(20-18-26,46(42,43)27-15-13-25(33)14-16-27)23-9-11-24(12-10-23)30(31(34,35)36,32(37,38)39)44-21-22-7-5-4-6-8-22/h4-16H,17-21H2,1-3H3/t29?,45-/m0/s1. The molecule has 5 nitrogen and oxygen atoms in total. The fraction of sp³-hybridized carbons (Fsp3) is 0.406. The Kier molecular flexibility index (Phi) is 9.97. The monoisotopic (exact) mass is 691 g/mol. The number of nitrogens with zero attached hydrogens (tertiary/aromatic N) is 1. The highest BCUT2D eigenvalue weighted by Gasteiger charge is 2.73. The topological polar surface area (TPSA) is 72.8 Å². The largest absolute Gasteiger partial charge is 0.430 e. The number of rotatable bonds is 8. The molecule has 250 valence electrons. The molecule has 0 amide bonds. The van der Waals surface area contributed by atoms with Gasteiger partial charge in [-0.25, -0.2) is 17.0 Å². The Balaban J connectivity index is 1.82. The second-order valence-electron chi connectivity index (χ2n) is 12.0. The van der Waals surface area contributed by atoms with Gasteiger partial charge >= 0.3 is 12.4 Å². The Morgan fingerprint density at radius 2 is 1.33 bits per heavy atom. The van der Waals surface area contributed by atoms with E-state index in [1.165, 1.54) is 24.3 Å². The smallest absolute Gasteiger partial charge is 0.349 e. The van der Waals surface area contributed by atoms with Crippen molar-refractivity contribution < 1.29 is 48.1 Å². The van der Waals surface area contributed by atoms with Gasteiger partial charge in [0.25, 0.3) is 5.60 Å². The zero-order valence-electron chi connectivity index (χ0n) is 25.1. The zero-order chi connectivity index (χ0) is 34.2. The molecular formula is C32H32F7NO4S2. The summed E-state index contributed by atoms with van der Waals surface area (Å²) in [5.41, 5.74) is -5.51. The van der Waals surface area contributed by atoms with Crippen molar-refractivity contribution in [3.8, 4) is 0 Å². The van der Waals surface area contributed by atoms with E-state index < -0.39 is 66.3 Å². The quantitative estimate of drug-likeness (QED) is 0.176. The molecule has 3 aromatic rings. The highest BCUT2D eigenvalue weighted by molar-refractivity contribution is 7.92. The number of halogens is 7. The molecule has 1 aliphatic carbocycles. The van der Waals surface area contributed by atoms with Crippen LogP contribution in [-0.2, 0) is 42.5 Å². The van der Waals surface area contributed by atoms with Crippen LogP contribution in [0, 0.1) is 5.82 Å². The van der Waals surface area contributed by atoms with Gasteiger partial charge in [-0.15, -0.1) is 0 Å². The van der Waals surface area contributed by atoms with Crippen molar-refractivity contribution in [1.82, 2.24) is 0 Å². The molecule has 3 aromatic carbocycles. The van der Waals surface area contributed by atoms with Crippen LogP contribution in [0.3, 0.4) is 0 Å².